The van der Waals surface area contributed by atoms with Crippen molar-refractivity contribution in [3.05, 3.63) is 0 Å². The molecule has 128 valence electrons. The van der Waals surface area contributed by atoms with E-state index in [4.69, 9.17) is 26.5 Å². The monoisotopic (exact) mass is 384 g/mol. The average molecular weight is 384 g/mol. The molecule has 0 rings (SSSR count). The van der Waals surface area contributed by atoms with Gasteiger partial charge < -0.3 is 0 Å². The summed E-state index contributed by atoms with van der Waals surface area (Å²) in [7, 11) is 0. The molecule has 0 saturated carbocycles. The Kier molecular flexibility index (Phi) is 10.0. The summed E-state index contributed by atoms with van der Waals surface area (Å²) in [6, 6.07) is 0. The van der Waals surface area contributed by atoms with Gasteiger partial charge in [0.15, 0.2) is 0 Å². The molecule has 0 fully saturated rings. The number of hydrogen-bond acceptors (Lipinski definition) is 6. The molecule has 0 bridgehead atoms. The van der Waals surface area contributed by atoms with Crippen molar-refractivity contribution >= 4 is 33.6 Å². The van der Waals surface area contributed by atoms with Crippen molar-refractivity contribution in [3.8, 4) is 0 Å². The SMILES string of the molecule is CCC(O[As](OC(CC)C(=O)O)OC(CC)C(=O)O)C(=O)O. The molecule has 22 heavy (non-hydrogen) atoms. The fraction of sp³-hybridized carbons (Fsp3) is 0.750. The molecule has 3 unspecified atom stereocenters. The zero-order valence-electron chi connectivity index (χ0n) is 12.6. The van der Waals surface area contributed by atoms with Crippen LogP contribution in [0.4, 0.5) is 0 Å². The van der Waals surface area contributed by atoms with Gasteiger partial charge in [-0.1, -0.05) is 0 Å². The van der Waals surface area contributed by atoms with Gasteiger partial charge in [-0.25, -0.2) is 0 Å². The molecule has 0 aliphatic carbocycles. The van der Waals surface area contributed by atoms with Crippen molar-refractivity contribution < 1.29 is 40.9 Å². The van der Waals surface area contributed by atoms with E-state index in [-0.39, 0.29) is 19.3 Å². The first-order valence-electron chi connectivity index (χ1n) is 6.75. The molecule has 0 heterocycles. The Morgan fingerprint density at radius 2 is 0.955 bits per heavy atom. The summed E-state index contributed by atoms with van der Waals surface area (Å²) in [6.07, 6.45) is -3.38. The van der Waals surface area contributed by atoms with E-state index in [0.717, 1.165) is 0 Å². The molecule has 0 aliphatic heterocycles. The van der Waals surface area contributed by atoms with Gasteiger partial charge in [-0.05, 0) is 0 Å². The Balaban J connectivity index is 5.07. The second-order valence-electron chi connectivity index (χ2n) is 4.25. The maximum absolute atomic E-state index is 11.0. The Morgan fingerprint density at radius 1 is 0.727 bits per heavy atom. The second-order valence-corrected chi connectivity index (χ2v) is 6.51. The molecule has 0 aromatic heterocycles. The summed E-state index contributed by atoms with van der Waals surface area (Å²) < 4.78 is 15.6. The van der Waals surface area contributed by atoms with Crippen LogP contribution in [0.25, 0.3) is 0 Å². The molecule has 0 amide bonds. The van der Waals surface area contributed by atoms with Crippen LogP contribution in [0, 0.1) is 0 Å². The van der Waals surface area contributed by atoms with Gasteiger partial charge in [0.05, 0.1) is 0 Å². The number of carboxylic acids is 3. The first kappa shape index (κ1) is 20.8. The number of carboxylic acid groups (broad SMARTS) is 3. The van der Waals surface area contributed by atoms with Gasteiger partial charge in [-0.3, -0.25) is 0 Å². The van der Waals surface area contributed by atoms with Gasteiger partial charge in [0.25, 0.3) is 0 Å². The van der Waals surface area contributed by atoms with Crippen LogP contribution >= 0.6 is 0 Å². The predicted octanol–water partition coefficient (Wildman–Crippen LogP) is 0.611. The molecule has 3 N–H and O–H groups in total. The van der Waals surface area contributed by atoms with Gasteiger partial charge in [0.2, 0.25) is 0 Å². The zero-order chi connectivity index (χ0) is 17.3. The predicted molar refractivity (Wildman–Crippen MR) is 74.2 cm³/mol. The maximum atomic E-state index is 11.0. The third kappa shape index (κ3) is 7.21. The summed E-state index contributed by atoms with van der Waals surface area (Å²) in [5, 5.41) is 26.9. The molecular weight excluding hydrogens is 363 g/mol. The molecule has 0 spiro atoms. The van der Waals surface area contributed by atoms with Crippen LogP contribution in [-0.4, -0.2) is 67.2 Å². The second kappa shape index (κ2) is 10.6. The zero-order valence-corrected chi connectivity index (χ0v) is 14.5. The van der Waals surface area contributed by atoms with Crippen molar-refractivity contribution in [2.24, 2.45) is 0 Å². The van der Waals surface area contributed by atoms with E-state index in [2.05, 4.69) is 0 Å². The Hall–Kier alpha value is -1.15. The number of aliphatic carboxylic acids is 3. The Bertz CT molecular complexity index is 330. The van der Waals surface area contributed by atoms with Gasteiger partial charge in [0.1, 0.15) is 0 Å². The molecule has 0 saturated heterocycles. The third-order valence-electron chi connectivity index (χ3n) is 2.58. The van der Waals surface area contributed by atoms with Crippen molar-refractivity contribution in [2.75, 3.05) is 0 Å². The van der Waals surface area contributed by atoms with Crippen LogP contribution in [-0.2, 0) is 25.6 Å². The molecule has 0 aromatic carbocycles. The Labute approximate surface area is 133 Å². The first-order chi connectivity index (χ1) is 10.3. The van der Waals surface area contributed by atoms with E-state index in [0.29, 0.717) is 0 Å². The van der Waals surface area contributed by atoms with Gasteiger partial charge in [-0.2, -0.15) is 0 Å². The third-order valence-corrected chi connectivity index (χ3v) is 5.26. The van der Waals surface area contributed by atoms with Crippen LogP contribution < -0.4 is 0 Å². The summed E-state index contributed by atoms with van der Waals surface area (Å²) in [5.74, 6) is -3.75. The Morgan fingerprint density at radius 3 is 1.09 bits per heavy atom. The fourth-order valence-electron chi connectivity index (χ4n) is 1.27. The van der Waals surface area contributed by atoms with E-state index >= 15 is 0 Å². The molecular formula is C12H21AsO9. The van der Waals surface area contributed by atoms with E-state index in [9.17, 15) is 14.4 Å². The van der Waals surface area contributed by atoms with Gasteiger partial charge in [0, 0.05) is 0 Å². The van der Waals surface area contributed by atoms with Crippen LogP contribution in [0.3, 0.4) is 0 Å². The molecule has 0 aliphatic rings. The van der Waals surface area contributed by atoms with E-state index in [1.165, 1.54) is 0 Å². The summed E-state index contributed by atoms with van der Waals surface area (Å²) in [5.41, 5.74) is 0. The van der Waals surface area contributed by atoms with E-state index < -0.39 is 51.9 Å². The molecule has 0 aromatic rings. The van der Waals surface area contributed by atoms with Crippen molar-refractivity contribution in [2.45, 2.75) is 58.3 Å². The van der Waals surface area contributed by atoms with Crippen molar-refractivity contribution in [1.82, 2.24) is 0 Å². The van der Waals surface area contributed by atoms with Crippen LogP contribution in [0.2, 0.25) is 0 Å². The van der Waals surface area contributed by atoms with Crippen molar-refractivity contribution in [3.63, 3.8) is 0 Å². The van der Waals surface area contributed by atoms with Crippen LogP contribution in [0.1, 0.15) is 40.0 Å². The topological polar surface area (TPSA) is 140 Å². The standard InChI is InChI=1S/C12H21AsO9/c1-4-7(10(14)15)20-13(21-8(5-2)11(16)17)22-9(6-3)12(18)19/h7-9H,4-6H2,1-3H3,(H,14,15)(H,16,17)(H,18,19). The molecule has 10 heteroatoms. The van der Waals surface area contributed by atoms with Gasteiger partial charge >= 0.3 is 133 Å². The number of carbonyl (C=O) groups is 3. The minimum absolute atomic E-state index is 0.112. The van der Waals surface area contributed by atoms with Gasteiger partial charge in [-0.15, -0.1) is 0 Å². The van der Waals surface area contributed by atoms with E-state index in [1.807, 2.05) is 0 Å². The van der Waals surface area contributed by atoms with Crippen LogP contribution in [0.15, 0.2) is 0 Å². The molecule has 9 nitrogen and oxygen atoms in total. The first-order valence-corrected chi connectivity index (χ1v) is 9.05. The summed E-state index contributed by atoms with van der Waals surface area (Å²) in [4.78, 5) is 33.0. The van der Waals surface area contributed by atoms with E-state index in [1.54, 1.807) is 20.8 Å². The quantitative estimate of drug-likeness (QED) is 0.413. The molecule has 3 atom stereocenters. The van der Waals surface area contributed by atoms with Crippen molar-refractivity contribution in [1.29, 1.82) is 0 Å². The minimum atomic E-state index is -3.35. The summed E-state index contributed by atoms with van der Waals surface area (Å²) in [6.45, 7) is 4.69. The number of hydrogen-bond donors (Lipinski definition) is 3. The number of rotatable bonds is 12. The average Bonchev–Trinajstić information content (AvgIpc) is 2.45. The van der Waals surface area contributed by atoms with Crippen LogP contribution in [0.5, 0.6) is 0 Å². The molecule has 0 radical (unpaired) electrons. The normalized spacial score (nSPS) is 16.5. The summed E-state index contributed by atoms with van der Waals surface area (Å²) >= 11 is -3.35. The fourth-order valence-corrected chi connectivity index (χ4v) is 4.40.